The highest BCUT2D eigenvalue weighted by molar-refractivity contribution is 6.36. The molecule has 1 amide bonds. The summed E-state index contributed by atoms with van der Waals surface area (Å²) in [5.41, 5.74) is 2.41. The Morgan fingerprint density at radius 2 is 1.68 bits per heavy atom. The van der Waals surface area contributed by atoms with E-state index in [0.717, 1.165) is 24.4 Å². The van der Waals surface area contributed by atoms with Crippen LogP contribution in [-0.4, -0.2) is 27.4 Å². The van der Waals surface area contributed by atoms with Gasteiger partial charge in [-0.05, 0) is 24.3 Å². The fourth-order valence-corrected chi connectivity index (χ4v) is 2.14. The minimum Gasteiger partial charge on any atom is -0.508 e. The molecule has 0 unspecified atom stereocenters. The third kappa shape index (κ3) is 3.81. The van der Waals surface area contributed by atoms with Crippen LogP contribution < -0.4 is 5.43 Å². The molecule has 0 saturated heterocycles. The molecule has 4 N–H and O–H groups in total. The smallest absolute Gasteiger partial charge is 0.271 e. The number of halogens is 2. The predicted molar refractivity (Wildman–Crippen MR) is 83.0 cm³/mol. The fraction of sp³-hybridized carbons (Fsp3) is 0. The summed E-state index contributed by atoms with van der Waals surface area (Å²) in [5, 5.41) is 32.3. The Bertz CT molecular complexity index is 742. The third-order valence-corrected chi connectivity index (χ3v) is 3.10. The monoisotopic (exact) mass is 340 g/mol. The average Bonchev–Trinajstić information content (AvgIpc) is 2.42. The second kappa shape index (κ2) is 6.55. The molecule has 0 radical (unpaired) electrons. The van der Waals surface area contributed by atoms with Crippen molar-refractivity contribution < 1.29 is 20.1 Å². The molecule has 0 fully saturated rings. The summed E-state index contributed by atoms with van der Waals surface area (Å²) in [4.78, 5) is 11.8. The van der Waals surface area contributed by atoms with Gasteiger partial charge < -0.3 is 15.3 Å². The minimum absolute atomic E-state index is 0.0167. The van der Waals surface area contributed by atoms with Crippen LogP contribution in [0.4, 0.5) is 0 Å². The molecule has 0 aliphatic rings. The van der Waals surface area contributed by atoms with Crippen LogP contribution in [-0.2, 0) is 0 Å². The van der Waals surface area contributed by atoms with Crippen molar-refractivity contribution in [2.75, 3.05) is 0 Å². The number of phenolic OH excluding ortho intramolecular Hbond substituents is 3. The molecule has 8 heteroatoms. The normalized spacial score (nSPS) is 10.8. The maximum Gasteiger partial charge on any atom is 0.271 e. The van der Waals surface area contributed by atoms with Crippen molar-refractivity contribution in [1.29, 1.82) is 0 Å². The molecular weight excluding hydrogens is 331 g/mol. The first kappa shape index (κ1) is 15.9. The van der Waals surface area contributed by atoms with E-state index in [1.807, 2.05) is 0 Å². The molecule has 6 nitrogen and oxygen atoms in total. The highest BCUT2D eigenvalue weighted by Gasteiger charge is 2.09. The topological polar surface area (TPSA) is 102 Å². The number of phenols is 3. The van der Waals surface area contributed by atoms with Crippen LogP contribution in [0.2, 0.25) is 10.0 Å². The molecule has 2 rings (SSSR count). The van der Waals surface area contributed by atoms with Crippen molar-refractivity contribution in [1.82, 2.24) is 5.43 Å². The van der Waals surface area contributed by atoms with Crippen molar-refractivity contribution >= 4 is 35.3 Å². The number of nitrogens with zero attached hydrogens (tertiary/aromatic N) is 1. The van der Waals surface area contributed by atoms with Crippen LogP contribution in [0.15, 0.2) is 35.4 Å². The van der Waals surface area contributed by atoms with E-state index in [1.54, 1.807) is 0 Å². The van der Waals surface area contributed by atoms with Crippen molar-refractivity contribution in [3.05, 3.63) is 51.5 Å². The first-order valence-electron chi connectivity index (χ1n) is 5.91. The molecule has 0 heterocycles. The lowest BCUT2D eigenvalue weighted by molar-refractivity contribution is 0.0954. The Balaban J connectivity index is 2.14. The lowest BCUT2D eigenvalue weighted by Crippen LogP contribution is -2.17. The Morgan fingerprint density at radius 1 is 1.05 bits per heavy atom. The average molecular weight is 341 g/mol. The van der Waals surface area contributed by atoms with E-state index in [1.165, 1.54) is 12.1 Å². The van der Waals surface area contributed by atoms with Gasteiger partial charge >= 0.3 is 0 Å². The molecule has 114 valence electrons. The number of carbonyl (C=O) groups is 1. The molecule has 0 spiro atoms. The van der Waals surface area contributed by atoms with Gasteiger partial charge in [0.25, 0.3) is 5.91 Å². The number of rotatable bonds is 3. The number of hydrogen-bond donors (Lipinski definition) is 4. The first-order chi connectivity index (χ1) is 10.4. The van der Waals surface area contributed by atoms with E-state index in [4.69, 9.17) is 23.2 Å². The maximum atomic E-state index is 11.8. The van der Waals surface area contributed by atoms with Gasteiger partial charge in [0.15, 0.2) is 0 Å². The van der Waals surface area contributed by atoms with Crippen LogP contribution in [0.1, 0.15) is 15.9 Å². The number of hydrogen-bond acceptors (Lipinski definition) is 5. The van der Waals surface area contributed by atoms with Gasteiger partial charge in [0.1, 0.15) is 17.2 Å². The summed E-state index contributed by atoms with van der Waals surface area (Å²) < 4.78 is 0. The van der Waals surface area contributed by atoms with Crippen LogP contribution in [0.3, 0.4) is 0 Å². The van der Waals surface area contributed by atoms with Gasteiger partial charge in [-0.1, -0.05) is 23.2 Å². The molecule has 2 aromatic carbocycles. The van der Waals surface area contributed by atoms with E-state index in [-0.39, 0.29) is 33.4 Å². The molecule has 2 aromatic rings. The van der Waals surface area contributed by atoms with Gasteiger partial charge in [-0.3, -0.25) is 4.79 Å². The Kier molecular flexibility index (Phi) is 4.75. The first-order valence-corrected chi connectivity index (χ1v) is 6.67. The summed E-state index contributed by atoms with van der Waals surface area (Å²) in [6.07, 6.45) is 1.16. The molecule has 0 saturated carbocycles. The molecule has 0 atom stereocenters. The SMILES string of the molecule is O=C(NN=Cc1cc(Cl)cc(Cl)c1O)c1cc(O)cc(O)c1. The molecular formula is C14H10Cl2N2O4. The number of aromatic hydroxyl groups is 3. The second-order valence-electron chi connectivity index (χ2n) is 4.26. The third-order valence-electron chi connectivity index (χ3n) is 2.59. The van der Waals surface area contributed by atoms with E-state index < -0.39 is 5.91 Å². The van der Waals surface area contributed by atoms with E-state index in [9.17, 15) is 20.1 Å². The van der Waals surface area contributed by atoms with Gasteiger partial charge in [0.2, 0.25) is 0 Å². The summed E-state index contributed by atoms with van der Waals surface area (Å²) in [6, 6.07) is 6.20. The van der Waals surface area contributed by atoms with Crippen molar-refractivity contribution in [2.45, 2.75) is 0 Å². The molecule has 0 aliphatic heterocycles. The summed E-state index contributed by atoms with van der Waals surface area (Å²) in [6.45, 7) is 0. The maximum absolute atomic E-state index is 11.8. The Hall–Kier alpha value is -2.44. The van der Waals surface area contributed by atoms with Crippen molar-refractivity contribution in [3.63, 3.8) is 0 Å². The van der Waals surface area contributed by atoms with Gasteiger partial charge in [-0.2, -0.15) is 5.10 Å². The lowest BCUT2D eigenvalue weighted by atomic mass is 10.2. The number of benzene rings is 2. The zero-order chi connectivity index (χ0) is 16.3. The van der Waals surface area contributed by atoms with Crippen molar-refractivity contribution in [2.24, 2.45) is 5.10 Å². The number of carbonyl (C=O) groups excluding carboxylic acids is 1. The molecule has 22 heavy (non-hydrogen) atoms. The summed E-state index contributed by atoms with van der Waals surface area (Å²) in [7, 11) is 0. The number of amides is 1. The van der Waals surface area contributed by atoms with Crippen LogP contribution in [0, 0.1) is 0 Å². The van der Waals surface area contributed by atoms with Gasteiger partial charge in [-0.15, -0.1) is 0 Å². The van der Waals surface area contributed by atoms with E-state index in [0.29, 0.717) is 5.02 Å². The van der Waals surface area contributed by atoms with Crippen molar-refractivity contribution in [3.8, 4) is 17.2 Å². The van der Waals surface area contributed by atoms with Gasteiger partial charge in [0, 0.05) is 22.2 Å². The van der Waals surface area contributed by atoms with Crippen LogP contribution in [0.25, 0.3) is 0 Å². The van der Waals surface area contributed by atoms with E-state index in [2.05, 4.69) is 10.5 Å². The van der Waals surface area contributed by atoms with Crippen LogP contribution >= 0.6 is 23.2 Å². The number of hydrazone groups is 1. The second-order valence-corrected chi connectivity index (χ2v) is 5.11. The molecule has 0 bridgehead atoms. The quantitative estimate of drug-likeness (QED) is 0.509. The zero-order valence-electron chi connectivity index (χ0n) is 10.9. The highest BCUT2D eigenvalue weighted by atomic mass is 35.5. The minimum atomic E-state index is -0.657. The summed E-state index contributed by atoms with van der Waals surface area (Å²) in [5.74, 6) is -1.39. The number of nitrogens with one attached hydrogen (secondary N) is 1. The Labute approximate surface area is 135 Å². The standard InChI is InChI=1S/C14H10Cl2N2O4/c15-9-1-8(13(21)12(16)4-9)6-17-18-14(22)7-2-10(19)5-11(20)3-7/h1-6,19-21H,(H,18,22). The largest absolute Gasteiger partial charge is 0.508 e. The Morgan fingerprint density at radius 3 is 2.32 bits per heavy atom. The summed E-state index contributed by atoms with van der Waals surface area (Å²) >= 11 is 11.5. The highest BCUT2D eigenvalue weighted by Crippen LogP contribution is 2.29. The van der Waals surface area contributed by atoms with Gasteiger partial charge in [-0.25, -0.2) is 5.43 Å². The predicted octanol–water partition coefficient (Wildman–Crippen LogP) is 2.87. The molecule has 0 aliphatic carbocycles. The van der Waals surface area contributed by atoms with E-state index >= 15 is 0 Å². The zero-order valence-corrected chi connectivity index (χ0v) is 12.4. The lowest BCUT2D eigenvalue weighted by Gasteiger charge is -2.04. The van der Waals surface area contributed by atoms with Gasteiger partial charge in [0.05, 0.1) is 11.2 Å². The molecule has 0 aromatic heterocycles. The van der Waals surface area contributed by atoms with Crippen LogP contribution in [0.5, 0.6) is 17.2 Å². The fourth-order valence-electron chi connectivity index (χ4n) is 1.64.